The third kappa shape index (κ3) is 2.88. The molecule has 0 spiro atoms. The first kappa shape index (κ1) is 14.0. The number of hydrogen-bond acceptors (Lipinski definition) is 7. The molecule has 1 N–H and O–H groups in total. The maximum absolute atomic E-state index is 5.37. The monoisotopic (exact) mass is 297 g/mol. The van der Waals surface area contributed by atoms with Crippen LogP contribution < -0.4 is 14.8 Å². The molecule has 22 heavy (non-hydrogen) atoms. The van der Waals surface area contributed by atoms with Gasteiger partial charge in [0.15, 0.2) is 0 Å². The molecule has 0 amide bonds. The Morgan fingerprint density at radius 3 is 2.77 bits per heavy atom. The Balaban J connectivity index is 1.78. The zero-order valence-electron chi connectivity index (χ0n) is 12.3. The highest BCUT2D eigenvalue weighted by molar-refractivity contribution is 5.72. The molecular weight excluding hydrogens is 282 g/mol. The van der Waals surface area contributed by atoms with Crippen LogP contribution in [0.3, 0.4) is 0 Å². The lowest BCUT2D eigenvalue weighted by Crippen LogP contribution is -2.05. The first-order valence-electron chi connectivity index (χ1n) is 6.67. The summed E-state index contributed by atoms with van der Waals surface area (Å²) in [5, 5.41) is 3.17. The number of nitrogens with one attached hydrogen (secondary N) is 1. The number of rotatable bonds is 5. The van der Waals surface area contributed by atoms with Crippen LogP contribution in [0.15, 0.2) is 36.9 Å². The van der Waals surface area contributed by atoms with Crippen LogP contribution in [0.1, 0.15) is 5.56 Å². The van der Waals surface area contributed by atoms with Crippen molar-refractivity contribution >= 4 is 17.0 Å². The van der Waals surface area contributed by atoms with Crippen molar-refractivity contribution in [1.82, 2.24) is 19.9 Å². The highest BCUT2D eigenvalue weighted by atomic mass is 16.5. The Kier molecular flexibility index (Phi) is 3.95. The lowest BCUT2D eigenvalue weighted by atomic mass is 10.2. The molecule has 0 saturated carbocycles. The van der Waals surface area contributed by atoms with E-state index in [4.69, 9.17) is 9.47 Å². The van der Waals surface area contributed by atoms with Crippen molar-refractivity contribution in [2.24, 2.45) is 0 Å². The minimum atomic E-state index is 0.514. The summed E-state index contributed by atoms with van der Waals surface area (Å²) in [5.74, 6) is 2.01. The lowest BCUT2D eigenvalue weighted by Gasteiger charge is -2.11. The van der Waals surface area contributed by atoms with Gasteiger partial charge in [-0.25, -0.2) is 19.9 Å². The van der Waals surface area contributed by atoms with E-state index in [1.807, 2.05) is 18.2 Å². The smallest absolute Gasteiger partial charge is 0.223 e. The van der Waals surface area contributed by atoms with Gasteiger partial charge >= 0.3 is 0 Å². The van der Waals surface area contributed by atoms with Gasteiger partial charge in [0.2, 0.25) is 5.95 Å². The molecule has 0 aliphatic heterocycles. The van der Waals surface area contributed by atoms with Gasteiger partial charge in [0, 0.05) is 18.2 Å². The number of aromatic nitrogens is 4. The van der Waals surface area contributed by atoms with Gasteiger partial charge in [0.25, 0.3) is 0 Å². The second-order valence-corrected chi connectivity index (χ2v) is 4.52. The zero-order chi connectivity index (χ0) is 15.4. The van der Waals surface area contributed by atoms with Crippen molar-refractivity contribution < 1.29 is 9.47 Å². The summed E-state index contributed by atoms with van der Waals surface area (Å²) < 4.78 is 10.5. The van der Waals surface area contributed by atoms with Crippen LogP contribution in [0.2, 0.25) is 0 Å². The molecule has 7 nitrogen and oxygen atoms in total. The number of fused-ring (bicyclic) bond motifs is 1. The van der Waals surface area contributed by atoms with Gasteiger partial charge in [0.05, 0.1) is 26.6 Å². The first-order valence-corrected chi connectivity index (χ1v) is 6.67. The Labute approximate surface area is 127 Å². The Bertz CT molecular complexity index is 794. The number of methoxy groups -OCH3 is 2. The van der Waals surface area contributed by atoms with Crippen LogP contribution >= 0.6 is 0 Å². The molecule has 3 aromatic rings. The van der Waals surface area contributed by atoms with Crippen LogP contribution in [0.4, 0.5) is 5.95 Å². The molecule has 112 valence electrons. The van der Waals surface area contributed by atoms with E-state index in [-0.39, 0.29) is 0 Å². The predicted octanol–water partition coefficient (Wildman–Crippen LogP) is 2.05. The molecule has 7 heteroatoms. The molecule has 0 aliphatic rings. The molecule has 0 radical (unpaired) electrons. The highest BCUT2D eigenvalue weighted by Crippen LogP contribution is 2.25. The molecule has 0 bridgehead atoms. The summed E-state index contributed by atoms with van der Waals surface area (Å²) in [7, 11) is 3.25. The van der Waals surface area contributed by atoms with Crippen molar-refractivity contribution in [1.29, 1.82) is 0 Å². The quantitative estimate of drug-likeness (QED) is 0.771. The van der Waals surface area contributed by atoms with Gasteiger partial charge in [-0.05, 0) is 12.1 Å². The number of hydrogen-bond donors (Lipinski definition) is 1. The van der Waals surface area contributed by atoms with Crippen LogP contribution in [0.5, 0.6) is 11.5 Å². The second-order valence-electron chi connectivity index (χ2n) is 4.52. The summed E-state index contributed by atoms with van der Waals surface area (Å²) in [6.45, 7) is 0.534. The van der Waals surface area contributed by atoms with E-state index in [0.717, 1.165) is 17.1 Å². The van der Waals surface area contributed by atoms with E-state index in [9.17, 15) is 0 Å². The van der Waals surface area contributed by atoms with Gasteiger partial charge in [-0.15, -0.1) is 0 Å². The SMILES string of the molecule is COc1ccc(CNc2ncc3ncncc3n2)c(OC)c1. The maximum Gasteiger partial charge on any atom is 0.223 e. The molecule has 0 atom stereocenters. The van der Waals surface area contributed by atoms with Crippen molar-refractivity contribution in [2.75, 3.05) is 19.5 Å². The Morgan fingerprint density at radius 2 is 1.95 bits per heavy atom. The summed E-state index contributed by atoms with van der Waals surface area (Å²) in [4.78, 5) is 16.6. The normalized spacial score (nSPS) is 10.5. The summed E-state index contributed by atoms with van der Waals surface area (Å²) in [5.41, 5.74) is 2.39. The van der Waals surface area contributed by atoms with E-state index in [1.165, 1.54) is 6.33 Å². The van der Waals surface area contributed by atoms with E-state index in [0.29, 0.717) is 23.5 Å². The number of anilines is 1. The van der Waals surface area contributed by atoms with Crippen molar-refractivity contribution in [3.8, 4) is 11.5 Å². The van der Waals surface area contributed by atoms with E-state index < -0.39 is 0 Å². The fourth-order valence-electron chi connectivity index (χ4n) is 2.04. The average Bonchev–Trinajstić information content (AvgIpc) is 2.59. The minimum Gasteiger partial charge on any atom is -0.497 e. The molecular formula is C15H15N5O2. The predicted molar refractivity (Wildman–Crippen MR) is 82.0 cm³/mol. The van der Waals surface area contributed by atoms with Crippen molar-refractivity contribution in [2.45, 2.75) is 6.54 Å². The molecule has 3 rings (SSSR count). The minimum absolute atomic E-state index is 0.514. The van der Waals surface area contributed by atoms with Crippen LogP contribution in [-0.4, -0.2) is 34.2 Å². The number of nitrogens with zero attached hydrogens (tertiary/aromatic N) is 4. The summed E-state index contributed by atoms with van der Waals surface area (Å²) in [6.07, 6.45) is 4.79. The molecule has 1 aromatic carbocycles. The van der Waals surface area contributed by atoms with Gasteiger partial charge in [-0.3, -0.25) is 0 Å². The molecule has 0 fully saturated rings. The van der Waals surface area contributed by atoms with Crippen LogP contribution in [0, 0.1) is 0 Å². The zero-order valence-corrected chi connectivity index (χ0v) is 12.3. The van der Waals surface area contributed by atoms with Gasteiger partial charge in [0.1, 0.15) is 28.9 Å². The van der Waals surface area contributed by atoms with E-state index in [1.54, 1.807) is 26.6 Å². The third-order valence-corrected chi connectivity index (χ3v) is 3.19. The topological polar surface area (TPSA) is 82.0 Å². The Morgan fingerprint density at radius 1 is 1.05 bits per heavy atom. The maximum atomic E-state index is 5.37. The summed E-state index contributed by atoms with van der Waals surface area (Å²) in [6, 6.07) is 5.66. The lowest BCUT2D eigenvalue weighted by molar-refractivity contribution is 0.391. The largest absolute Gasteiger partial charge is 0.497 e. The third-order valence-electron chi connectivity index (χ3n) is 3.19. The molecule has 2 heterocycles. The molecule has 2 aromatic heterocycles. The van der Waals surface area contributed by atoms with Crippen LogP contribution in [0.25, 0.3) is 11.0 Å². The van der Waals surface area contributed by atoms with Crippen LogP contribution in [-0.2, 0) is 6.54 Å². The molecule has 0 saturated heterocycles. The van der Waals surface area contributed by atoms with Crippen molar-refractivity contribution in [3.05, 3.63) is 42.5 Å². The van der Waals surface area contributed by atoms with Crippen molar-refractivity contribution in [3.63, 3.8) is 0 Å². The summed E-state index contributed by atoms with van der Waals surface area (Å²) >= 11 is 0. The second kappa shape index (κ2) is 6.21. The van der Waals surface area contributed by atoms with Gasteiger partial charge < -0.3 is 14.8 Å². The molecule has 0 unspecified atom stereocenters. The number of benzene rings is 1. The fourth-order valence-corrected chi connectivity index (χ4v) is 2.04. The first-order chi connectivity index (χ1) is 10.8. The van der Waals surface area contributed by atoms with Gasteiger partial charge in [-0.1, -0.05) is 0 Å². The van der Waals surface area contributed by atoms with Gasteiger partial charge in [-0.2, -0.15) is 0 Å². The molecule has 0 aliphatic carbocycles. The fraction of sp³-hybridized carbons (Fsp3) is 0.200. The van der Waals surface area contributed by atoms with E-state index >= 15 is 0 Å². The highest BCUT2D eigenvalue weighted by Gasteiger charge is 2.06. The number of ether oxygens (including phenoxy) is 2. The Hall–Kier alpha value is -2.96. The van der Waals surface area contributed by atoms with E-state index in [2.05, 4.69) is 25.3 Å². The standard InChI is InChI=1S/C15H15N5O2/c1-21-11-4-3-10(14(5-11)22-2)6-17-15-18-8-12-13(20-15)7-16-9-19-12/h3-5,7-9H,6H2,1-2H3,(H,17,18,20). The average molecular weight is 297 g/mol.